The van der Waals surface area contributed by atoms with Crippen molar-refractivity contribution in [2.24, 2.45) is 0 Å². The lowest BCUT2D eigenvalue weighted by Crippen LogP contribution is -2.50. The summed E-state index contributed by atoms with van der Waals surface area (Å²) in [5.41, 5.74) is 1.29. The third-order valence-electron chi connectivity index (χ3n) is 4.99. The first-order chi connectivity index (χ1) is 14.3. The Morgan fingerprint density at radius 2 is 1.83 bits per heavy atom. The van der Waals surface area contributed by atoms with E-state index in [1.165, 1.54) is 25.1 Å². The van der Waals surface area contributed by atoms with E-state index in [0.717, 1.165) is 5.56 Å². The third-order valence-corrected chi connectivity index (χ3v) is 4.99. The minimum atomic E-state index is -0.552. The highest BCUT2D eigenvalue weighted by molar-refractivity contribution is 5.94. The maximum atomic E-state index is 14.3. The molecule has 1 aliphatic rings. The number of ether oxygens (including phenoxy) is 1. The molecule has 0 aliphatic carbocycles. The fourth-order valence-corrected chi connectivity index (χ4v) is 3.30. The van der Waals surface area contributed by atoms with Gasteiger partial charge in [0.1, 0.15) is 5.82 Å². The van der Waals surface area contributed by atoms with Crippen LogP contribution >= 0.6 is 0 Å². The number of ketones is 1. The molecule has 30 heavy (non-hydrogen) atoms. The Bertz CT molecular complexity index is 987. The van der Waals surface area contributed by atoms with E-state index in [0.29, 0.717) is 37.4 Å². The number of rotatable bonds is 6. The van der Waals surface area contributed by atoms with Crippen molar-refractivity contribution >= 4 is 23.1 Å². The van der Waals surface area contributed by atoms with Gasteiger partial charge >= 0.3 is 5.69 Å². The molecule has 1 heterocycles. The largest absolute Gasteiger partial charge is 0.477 e. The van der Waals surface area contributed by atoms with Crippen molar-refractivity contribution in [2.75, 3.05) is 37.7 Å². The molecule has 3 rings (SSSR count). The summed E-state index contributed by atoms with van der Waals surface area (Å²) in [5.74, 6) is -0.917. The average Bonchev–Trinajstić information content (AvgIpc) is 2.71. The van der Waals surface area contributed by atoms with E-state index in [2.05, 4.69) is 0 Å². The number of carbonyl (C=O) groups is 2. The van der Waals surface area contributed by atoms with Gasteiger partial charge in [0, 0.05) is 37.8 Å². The summed E-state index contributed by atoms with van der Waals surface area (Å²) in [4.78, 5) is 37.8. The van der Waals surface area contributed by atoms with Gasteiger partial charge in [0.05, 0.1) is 10.6 Å². The highest BCUT2D eigenvalue weighted by atomic mass is 19.1. The predicted octanol–water partition coefficient (Wildman–Crippen LogP) is 2.97. The van der Waals surface area contributed by atoms with E-state index in [1.54, 1.807) is 30.0 Å². The highest BCUT2D eigenvalue weighted by Gasteiger charge is 2.24. The van der Waals surface area contributed by atoms with Gasteiger partial charge in [0.25, 0.3) is 5.91 Å². The van der Waals surface area contributed by atoms with Crippen LogP contribution < -0.4 is 9.64 Å². The van der Waals surface area contributed by atoms with E-state index in [4.69, 9.17) is 4.74 Å². The van der Waals surface area contributed by atoms with Gasteiger partial charge in [0.15, 0.2) is 18.1 Å². The van der Waals surface area contributed by atoms with E-state index in [-0.39, 0.29) is 29.7 Å². The predicted molar refractivity (Wildman–Crippen MR) is 109 cm³/mol. The van der Waals surface area contributed by atoms with Crippen molar-refractivity contribution in [2.45, 2.75) is 13.8 Å². The molecule has 0 unspecified atom stereocenters. The zero-order valence-corrected chi connectivity index (χ0v) is 16.8. The maximum absolute atomic E-state index is 14.3. The Hall–Kier alpha value is -3.49. The van der Waals surface area contributed by atoms with Crippen LogP contribution in [0.4, 0.5) is 15.8 Å². The lowest BCUT2D eigenvalue weighted by atomic mass is 10.1. The Labute approximate surface area is 173 Å². The van der Waals surface area contributed by atoms with Crippen molar-refractivity contribution in [1.82, 2.24) is 4.90 Å². The smallest absolute Gasteiger partial charge is 0.310 e. The Balaban J connectivity index is 1.58. The van der Waals surface area contributed by atoms with Gasteiger partial charge in [-0.2, -0.15) is 0 Å². The second kappa shape index (κ2) is 8.89. The van der Waals surface area contributed by atoms with Crippen LogP contribution in [0.15, 0.2) is 36.4 Å². The Morgan fingerprint density at radius 1 is 1.13 bits per heavy atom. The summed E-state index contributed by atoms with van der Waals surface area (Å²) in [6.45, 7) is 4.43. The number of nitro groups is 1. The van der Waals surface area contributed by atoms with Gasteiger partial charge in [-0.15, -0.1) is 0 Å². The summed E-state index contributed by atoms with van der Waals surface area (Å²) < 4.78 is 19.8. The summed E-state index contributed by atoms with van der Waals surface area (Å²) in [6.07, 6.45) is 0. The molecule has 158 valence electrons. The van der Waals surface area contributed by atoms with Crippen LogP contribution in [0, 0.1) is 22.9 Å². The lowest BCUT2D eigenvalue weighted by molar-refractivity contribution is -0.385. The number of benzene rings is 2. The molecule has 2 aromatic rings. The van der Waals surface area contributed by atoms with Gasteiger partial charge < -0.3 is 14.5 Å². The lowest BCUT2D eigenvalue weighted by Gasteiger charge is -2.36. The van der Waals surface area contributed by atoms with Crippen LogP contribution in [0.3, 0.4) is 0 Å². The normalized spacial score (nSPS) is 13.8. The molecule has 8 nitrogen and oxygen atoms in total. The third kappa shape index (κ3) is 4.73. The number of nitro benzene ring substituents is 1. The molecule has 9 heteroatoms. The first-order valence-electron chi connectivity index (χ1n) is 9.47. The number of aryl methyl sites for hydroxylation is 1. The van der Waals surface area contributed by atoms with Crippen molar-refractivity contribution in [1.29, 1.82) is 0 Å². The molecule has 1 aliphatic heterocycles. The molecule has 0 aromatic heterocycles. The summed E-state index contributed by atoms with van der Waals surface area (Å²) >= 11 is 0. The fraction of sp³-hybridized carbons (Fsp3) is 0.333. The number of hydrogen-bond donors (Lipinski definition) is 0. The van der Waals surface area contributed by atoms with Crippen molar-refractivity contribution in [3.8, 4) is 5.75 Å². The monoisotopic (exact) mass is 415 g/mol. The second-order valence-corrected chi connectivity index (χ2v) is 7.11. The minimum absolute atomic E-state index is 0.0552. The van der Waals surface area contributed by atoms with Gasteiger partial charge in [-0.25, -0.2) is 4.39 Å². The molecule has 0 saturated carbocycles. The van der Waals surface area contributed by atoms with Crippen LogP contribution in [0.25, 0.3) is 0 Å². The molecule has 1 saturated heterocycles. The number of piperazine rings is 1. The molecule has 0 atom stereocenters. The molecule has 1 amide bonds. The molecule has 2 aromatic carbocycles. The number of Topliss-reactive ketones (excluding diaryl/α,β-unsaturated/α-hetero) is 1. The zero-order valence-electron chi connectivity index (χ0n) is 16.8. The van der Waals surface area contributed by atoms with Gasteiger partial charge in [-0.05, 0) is 43.7 Å². The van der Waals surface area contributed by atoms with Gasteiger partial charge in [-0.3, -0.25) is 19.7 Å². The van der Waals surface area contributed by atoms with Crippen LogP contribution in [0.2, 0.25) is 0 Å². The average molecular weight is 415 g/mol. The number of nitrogens with zero attached hydrogens (tertiary/aromatic N) is 3. The van der Waals surface area contributed by atoms with Crippen molar-refractivity contribution in [3.05, 3.63) is 63.5 Å². The molecular formula is C21H22FN3O5. The van der Waals surface area contributed by atoms with Crippen LogP contribution in [-0.4, -0.2) is 54.3 Å². The minimum Gasteiger partial charge on any atom is -0.477 e. The molecule has 0 bridgehead atoms. The van der Waals surface area contributed by atoms with Crippen LogP contribution in [0.5, 0.6) is 5.75 Å². The van der Waals surface area contributed by atoms with Crippen LogP contribution in [-0.2, 0) is 4.79 Å². The standard InChI is InChI=1S/C21H22FN3O5/c1-14-3-5-19(25(28)29)20(11-14)30-13-21(27)24-9-7-23(8-10-24)18-6-4-16(15(2)26)12-17(18)22/h3-6,11-12H,7-10,13H2,1-2H3. The van der Waals surface area contributed by atoms with E-state index in [1.807, 2.05) is 4.90 Å². The van der Waals surface area contributed by atoms with Crippen molar-refractivity contribution < 1.29 is 23.6 Å². The number of carbonyl (C=O) groups excluding carboxylic acids is 2. The summed E-state index contributed by atoms with van der Waals surface area (Å²) in [5, 5.41) is 11.1. The number of amides is 1. The fourth-order valence-electron chi connectivity index (χ4n) is 3.30. The number of hydrogen-bond acceptors (Lipinski definition) is 6. The molecule has 0 N–H and O–H groups in total. The second-order valence-electron chi connectivity index (χ2n) is 7.11. The van der Waals surface area contributed by atoms with Gasteiger partial charge in [0.2, 0.25) is 0 Å². The zero-order chi connectivity index (χ0) is 21.8. The highest BCUT2D eigenvalue weighted by Crippen LogP contribution is 2.28. The maximum Gasteiger partial charge on any atom is 0.310 e. The molecule has 0 spiro atoms. The first kappa shape index (κ1) is 21.2. The van der Waals surface area contributed by atoms with Gasteiger partial charge in [-0.1, -0.05) is 6.07 Å². The van der Waals surface area contributed by atoms with E-state index < -0.39 is 10.7 Å². The Morgan fingerprint density at radius 3 is 2.43 bits per heavy atom. The first-order valence-corrected chi connectivity index (χ1v) is 9.47. The van der Waals surface area contributed by atoms with Crippen molar-refractivity contribution in [3.63, 3.8) is 0 Å². The summed E-state index contributed by atoms with van der Waals surface area (Å²) in [6, 6.07) is 8.85. The molecule has 0 radical (unpaired) electrons. The quantitative estimate of drug-likeness (QED) is 0.409. The Kier molecular flexibility index (Phi) is 6.29. The molecular weight excluding hydrogens is 393 g/mol. The SMILES string of the molecule is CC(=O)c1ccc(N2CCN(C(=O)COc3cc(C)ccc3[N+](=O)[O-])CC2)c(F)c1. The summed E-state index contributed by atoms with van der Waals surface area (Å²) in [7, 11) is 0. The topological polar surface area (TPSA) is 93.0 Å². The number of halogens is 1. The van der Waals surface area contributed by atoms with E-state index in [9.17, 15) is 24.1 Å². The molecule has 1 fully saturated rings. The number of anilines is 1. The van der Waals surface area contributed by atoms with E-state index >= 15 is 0 Å². The van der Waals surface area contributed by atoms with Crippen LogP contribution in [0.1, 0.15) is 22.8 Å².